The van der Waals surface area contributed by atoms with Gasteiger partial charge in [-0.05, 0) is 41.0 Å². The van der Waals surface area contributed by atoms with Crippen LogP contribution in [0.5, 0.6) is 5.75 Å². The molecule has 2 aromatic rings. The molecule has 21 heavy (non-hydrogen) atoms. The number of anilines is 1. The van der Waals surface area contributed by atoms with Crippen molar-refractivity contribution in [1.82, 2.24) is 4.90 Å². The highest BCUT2D eigenvalue weighted by Crippen LogP contribution is 2.27. The Bertz CT molecular complexity index is 718. The summed E-state index contributed by atoms with van der Waals surface area (Å²) in [5.74, 6) is 0.624. The SMILES string of the molecule is COc1ccc(CN2Cc3ccc(N)cc3C2)cc1C#N. The zero-order valence-electron chi connectivity index (χ0n) is 12.0. The fraction of sp³-hybridized carbons (Fsp3) is 0.235. The van der Waals surface area contributed by atoms with Crippen molar-refractivity contribution in [3.05, 3.63) is 58.7 Å². The van der Waals surface area contributed by atoms with E-state index in [0.717, 1.165) is 30.9 Å². The lowest BCUT2D eigenvalue weighted by molar-refractivity contribution is 0.275. The molecule has 0 saturated heterocycles. The minimum atomic E-state index is 0.580. The first-order chi connectivity index (χ1) is 10.2. The van der Waals surface area contributed by atoms with Gasteiger partial charge >= 0.3 is 0 Å². The van der Waals surface area contributed by atoms with E-state index in [2.05, 4.69) is 17.0 Å². The molecular weight excluding hydrogens is 262 g/mol. The normalized spacial score (nSPS) is 13.7. The topological polar surface area (TPSA) is 62.3 Å². The molecule has 0 amide bonds. The minimum absolute atomic E-state index is 0.580. The van der Waals surface area contributed by atoms with Crippen molar-refractivity contribution in [2.75, 3.05) is 12.8 Å². The van der Waals surface area contributed by atoms with Gasteiger partial charge in [-0.15, -0.1) is 0 Å². The molecule has 3 rings (SSSR count). The summed E-state index contributed by atoms with van der Waals surface area (Å²) >= 11 is 0. The monoisotopic (exact) mass is 279 g/mol. The number of hydrogen-bond donors (Lipinski definition) is 1. The van der Waals surface area contributed by atoms with Crippen LogP contribution in [0.15, 0.2) is 36.4 Å². The van der Waals surface area contributed by atoms with E-state index in [4.69, 9.17) is 15.7 Å². The van der Waals surface area contributed by atoms with Gasteiger partial charge in [0.15, 0.2) is 0 Å². The Balaban J connectivity index is 1.76. The van der Waals surface area contributed by atoms with E-state index >= 15 is 0 Å². The Morgan fingerprint density at radius 2 is 2.00 bits per heavy atom. The Kier molecular flexibility index (Phi) is 3.51. The smallest absolute Gasteiger partial charge is 0.136 e. The number of rotatable bonds is 3. The van der Waals surface area contributed by atoms with Crippen LogP contribution < -0.4 is 10.5 Å². The molecule has 4 nitrogen and oxygen atoms in total. The average Bonchev–Trinajstić information content (AvgIpc) is 2.88. The first kappa shape index (κ1) is 13.5. The van der Waals surface area contributed by atoms with Gasteiger partial charge in [-0.25, -0.2) is 0 Å². The number of methoxy groups -OCH3 is 1. The largest absolute Gasteiger partial charge is 0.495 e. The molecule has 106 valence electrons. The van der Waals surface area contributed by atoms with E-state index < -0.39 is 0 Å². The first-order valence-electron chi connectivity index (χ1n) is 6.86. The first-order valence-corrected chi connectivity index (χ1v) is 6.86. The van der Waals surface area contributed by atoms with E-state index in [1.165, 1.54) is 11.1 Å². The van der Waals surface area contributed by atoms with Crippen molar-refractivity contribution in [1.29, 1.82) is 5.26 Å². The number of ether oxygens (including phenoxy) is 1. The molecule has 0 fully saturated rings. The van der Waals surface area contributed by atoms with Crippen molar-refractivity contribution in [2.45, 2.75) is 19.6 Å². The van der Waals surface area contributed by atoms with E-state index in [1.807, 2.05) is 30.3 Å². The van der Waals surface area contributed by atoms with Crippen LogP contribution in [-0.2, 0) is 19.6 Å². The number of nitrogen functional groups attached to an aromatic ring is 1. The Morgan fingerprint density at radius 1 is 1.19 bits per heavy atom. The Hall–Kier alpha value is -2.51. The Labute approximate surface area is 124 Å². The lowest BCUT2D eigenvalue weighted by Gasteiger charge is -2.15. The third-order valence-corrected chi connectivity index (χ3v) is 3.81. The molecule has 1 aliphatic heterocycles. The molecule has 2 N–H and O–H groups in total. The van der Waals surface area contributed by atoms with Crippen molar-refractivity contribution in [2.24, 2.45) is 0 Å². The average molecular weight is 279 g/mol. The highest BCUT2D eigenvalue weighted by Gasteiger charge is 2.19. The molecule has 1 aliphatic rings. The highest BCUT2D eigenvalue weighted by atomic mass is 16.5. The molecular formula is C17H17N3O. The van der Waals surface area contributed by atoms with Crippen molar-refractivity contribution < 1.29 is 4.74 Å². The molecule has 0 saturated carbocycles. The number of hydrogen-bond acceptors (Lipinski definition) is 4. The van der Waals surface area contributed by atoms with Crippen LogP contribution in [0.1, 0.15) is 22.3 Å². The molecule has 4 heteroatoms. The summed E-state index contributed by atoms with van der Waals surface area (Å²) in [6.07, 6.45) is 0. The molecule has 0 bridgehead atoms. The quantitative estimate of drug-likeness (QED) is 0.877. The van der Waals surface area contributed by atoms with Gasteiger partial charge in [0.2, 0.25) is 0 Å². The number of nitrogens with zero attached hydrogens (tertiary/aromatic N) is 2. The van der Waals surface area contributed by atoms with Gasteiger partial charge in [0.05, 0.1) is 12.7 Å². The maximum absolute atomic E-state index is 9.15. The van der Waals surface area contributed by atoms with Gasteiger partial charge in [0.1, 0.15) is 11.8 Å². The van der Waals surface area contributed by atoms with Crippen molar-refractivity contribution >= 4 is 5.69 Å². The van der Waals surface area contributed by atoms with Crippen LogP contribution in [0.2, 0.25) is 0 Å². The third-order valence-electron chi connectivity index (χ3n) is 3.81. The maximum atomic E-state index is 9.15. The van der Waals surface area contributed by atoms with Crippen LogP contribution in [0.4, 0.5) is 5.69 Å². The number of nitriles is 1. The minimum Gasteiger partial charge on any atom is -0.495 e. The summed E-state index contributed by atoms with van der Waals surface area (Å²) in [7, 11) is 1.58. The number of fused-ring (bicyclic) bond motifs is 1. The van der Waals surface area contributed by atoms with Crippen LogP contribution in [0.25, 0.3) is 0 Å². The molecule has 0 aliphatic carbocycles. The molecule has 2 aromatic carbocycles. The second kappa shape index (κ2) is 5.47. The van der Waals surface area contributed by atoms with Crippen molar-refractivity contribution in [3.8, 4) is 11.8 Å². The van der Waals surface area contributed by atoms with E-state index in [-0.39, 0.29) is 0 Å². The Morgan fingerprint density at radius 3 is 2.76 bits per heavy atom. The lowest BCUT2D eigenvalue weighted by Crippen LogP contribution is -2.15. The van der Waals surface area contributed by atoms with Gasteiger partial charge in [0, 0.05) is 25.3 Å². The van der Waals surface area contributed by atoms with E-state index in [0.29, 0.717) is 11.3 Å². The van der Waals surface area contributed by atoms with Gasteiger partial charge < -0.3 is 10.5 Å². The van der Waals surface area contributed by atoms with Crippen LogP contribution in [0, 0.1) is 11.3 Å². The molecule has 0 atom stereocenters. The molecule has 1 heterocycles. The summed E-state index contributed by atoms with van der Waals surface area (Å²) < 4.78 is 5.18. The number of nitrogens with two attached hydrogens (primary N) is 1. The summed E-state index contributed by atoms with van der Waals surface area (Å²) in [5, 5.41) is 9.15. The second-order valence-electron chi connectivity index (χ2n) is 5.32. The van der Waals surface area contributed by atoms with Gasteiger partial charge in [-0.2, -0.15) is 5.26 Å². The van der Waals surface area contributed by atoms with Gasteiger partial charge in [0.25, 0.3) is 0 Å². The molecule has 0 aromatic heterocycles. The molecule has 0 radical (unpaired) electrons. The van der Waals surface area contributed by atoms with Gasteiger partial charge in [-0.1, -0.05) is 12.1 Å². The van der Waals surface area contributed by atoms with E-state index in [1.54, 1.807) is 7.11 Å². The zero-order chi connectivity index (χ0) is 14.8. The summed E-state index contributed by atoms with van der Waals surface area (Å²) in [6, 6.07) is 14.0. The summed E-state index contributed by atoms with van der Waals surface area (Å²) in [4.78, 5) is 2.34. The fourth-order valence-corrected chi connectivity index (χ4v) is 2.80. The fourth-order valence-electron chi connectivity index (χ4n) is 2.80. The van der Waals surface area contributed by atoms with E-state index in [9.17, 15) is 0 Å². The highest BCUT2D eigenvalue weighted by molar-refractivity contribution is 5.47. The summed E-state index contributed by atoms with van der Waals surface area (Å²) in [6.45, 7) is 2.63. The van der Waals surface area contributed by atoms with Crippen molar-refractivity contribution in [3.63, 3.8) is 0 Å². The molecule has 0 spiro atoms. The van der Waals surface area contributed by atoms with Crippen LogP contribution in [0.3, 0.4) is 0 Å². The summed E-state index contributed by atoms with van der Waals surface area (Å²) in [5.41, 5.74) is 11.0. The lowest BCUT2D eigenvalue weighted by atomic mass is 10.1. The number of benzene rings is 2. The zero-order valence-corrected chi connectivity index (χ0v) is 12.0. The van der Waals surface area contributed by atoms with Crippen LogP contribution >= 0.6 is 0 Å². The molecule has 0 unspecified atom stereocenters. The standard InChI is InChI=1S/C17H17N3O/c1-21-17-5-2-12(6-14(17)8-18)9-20-10-13-3-4-16(19)7-15(13)11-20/h2-7H,9-11,19H2,1H3. The predicted molar refractivity (Wildman–Crippen MR) is 81.5 cm³/mol. The van der Waals surface area contributed by atoms with Crippen LogP contribution in [-0.4, -0.2) is 12.0 Å². The predicted octanol–water partition coefficient (Wildman–Crippen LogP) is 2.66. The third kappa shape index (κ3) is 2.69. The van der Waals surface area contributed by atoms with Gasteiger partial charge in [-0.3, -0.25) is 4.90 Å². The maximum Gasteiger partial charge on any atom is 0.136 e. The second-order valence-corrected chi connectivity index (χ2v) is 5.32.